The molecule has 4 heteroatoms. The van der Waals surface area contributed by atoms with Crippen molar-refractivity contribution < 1.29 is 15.1 Å². The molecule has 0 saturated heterocycles. The minimum Gasteiger partial charge on any atom is -0.872 e. The first-order chi connectivity index (χ1) is 8.20. The molecule has 0 radical (unpaired) electrons. The first kappa shape index (κ1) is 11.3. The first-order valence-corrected chi connectivity index (χ1v) is 5.11. The molecule has 4 nitrogen and oxygen atoms in total. The van der Waals surface area contributed by atoms with Gasteiger partial charge < -0.3 is 9.84 Å². The fraction of sp³-hybridized carbons (Fsp3) is 0.0769. The van der Waals surface area contributed by atoms with Gasteiger partial charge in [0.1, 0.15) is 5.75 Å². The Kier molecular flexibility index (Phi) is 3.16. The SMILES string of the molecule is COc1ccc(N(O)c2ccc([O-])cc2)cc1. The van der Waals surface area contributed by atoms with E-state index in [1.54, 1.807) is 43.5 Å². The third-order valence-electron chi connectivity index (χ3n) is 2.40. The summed E-state index contributed by atoms with van der Waals surface area (Å²) in [7, 11) is 1.58. The molecule has 0 aromatic heterocycles. The van der Waals surface area contributed by atoms with Gasteiger partial charge >= 0.3 is 0 Å². The Morgan fingerprint density at radius 2 is 1.41 bits per heavy atom. The average molecular weight is 230 g/mol. The summed E-state index contributed by atoms with van der Waals surface area (Å²) in [5.74, 6) is 0.633. The van der Waals surface area contributed by atoms with E-state index in [-0.39, 0.29) is 5.75 Å². The minimum absolute atomic E-state index is 0.0862. The Morgan fingerprint density at radius 1 is 0.941 bits per heavy atom. The van der Waals surface area contributed by atoms with Crippen molar-refractivity contribution in [3.05, 3.63) is 48.5 Å². The van der Waals surface area contributed by atoms with Crippen molar-refractivity contribution in [2.45, 2.75) is 0 Å². The number of ether oxygens (including phenoxy) is 1. The number of methoxy groups -OCH3 is 1. The predicted molar refractivity (Wildman–Crippen MR) is 62.8 cm³/mol. The molecule has 88 valence electrons. The molecule has 0 aliphatic heterocycles. The summed E-state index contributed by atoms with van der Waals surface area (Å²) in [5.41, 5.74) is 1.14. The minimum atomic E-state index is -0.0862. The molecule has 17 heavy (non-hydrogen) atoms. The van der Waals surface area contributed by atoms with Crippen LogP contribution in [0.4, 0.5) is 11.4 Å². The molecule has 2 aromatic carbocycles. The van der Waals surface area contributed by atoms with Crippen LogP contribution in [0.2, 0.25) is 0 Å². The lowest BCUT2D eigenvalue weighted by atomic mass is 10.2. The van der Waals surface area contributed by atoms with E-state index in [4.69, 9.17) is 4.74 Å². The van der Waals surface area contributed by atoms with Gasteiger partial charge in [-0.05, 0) is 36.4 Å². The summed E-state index contributed by atoms with van der Waals surface area (Å²) >= 11 is 0. The maximum absolute atomic E-state index is 10.9. The summed E-state index contributed by atoms with van der Waals surface area (Å²) in [6.07, 6.45) is 0. The van der Waals surface area contributed by atoms with Crippen molar-refractivity contribution >= 4 is 11.4 Å². The molecule has 0 aliphatic rings. The standard InChI is InChI=1S/C13H13NO3/c1-17-13-8-4-11(5-9-13)14(16)10-2-6-12(15)7-3-10/h2-9,15-16H,1H3/p-1. The number of nitrogens with zero attached hydrogens (tertiary/aromatic N) is 1. The highest BCUT2D eigenvalue weighted by Crippen LogP contribution is 2.25. The zero-order valence-electron chi connectivity index (χ0n) is 9.33. The lowest BCUT2D eigenvalue weighted by Gasteiger charge is -2.18. The fourth-order valence-electron chi connectivity index (χ4n) is 1.46. The van der Waals surface area contributed by atoms with E-state index in [1.807, 2.05) is 0 Å². The van der Waals surface area contributed by atoms with Crippen LogP contribution in [0.5, 0.6) is 11.5 Å². The third kappa shape index (κ3) is 2.49. The topological polar surface area (TPSA) is 55.8 Å². The zero-order chi connectivity index (χ0) is 12.3. The number of hydrogen-bond donors (Lipinski definition) is 1. The van der Waals surface area contributed by atoms with Crippen LogP contribution in [0, 0.1) is 0 Å². The van der Waals surface area contributed by atoms with E-state index >= 15 is 0 Å². The zero-order valence-corrected chi connectivity index (χ0v) is 9.33. The normalized spacial score (nSPS) is 10.0. The molecule has 0 saturated carbocycles. The van der Waals surface area contributed by atoms with Crippen LogP contribution in [0.1, 0.15) is 0 Å². The van der Waals surface area contributed by atoms with E-state index in [0.29, 0.717) is 11.4 Å². The number of rotatable bonds is 3. The second-order valence-electron chi connectivity index (χ2n) is 3.50. The summed E-state index contributed by atoms with van der Waals surface area (Å²) in [5, 5.41) is 21.9. The van der Waals surface area contributed by atoms with E-state index in [0.717, 1.165) is 10.8 Å². The Bertz CT molecular complexity index is 479. The highest BCUT2D eigenvalue weighted by Gasteiger charge is 2.05. The second kappa shape index (κ2) is 4.76. The van der Waals surface area contributed by atoms with Crippen molar-refractivity contribution in [2.24, 2.45) is 0 Å². The molecule has 0 amide bonds. The summed E-state index contributed by atoms with van der Waals surface area (Å²) in [6.45, 7) is 0. The van der Waals surface area contributed by atoms with E-state index in [1.165, 1.54) is 12.1 Å². The van der Waals surface area contributed by atoms with Crippen molar-refractivity contribution in [3.63, 3.8) is 0 Å². The quantitative estimate of drug-likeness (QED) is 0.822. The molecule has 0 aliphatic carbocycles. The molecule has 2 rings (SSSR count). The van der Waals surface area contributed by atoms with Gasteiger partial charge in [-0.2, -0.15) is 0 Å². The lowest BCUT2D eigenvalue weighted by Crippen LogP contribution is -2.10. The van der Waals surface area contributed by atoms with Crippen molar-refractivity contribution in [1.82, 2.24) is 0 Å². The van der Waals surface area contributed by atoms with Crippen molar-refractivity contribution in [2.75, 3.05) is 12.2 Å². The third-order valence-corrected chi connectivity index (χ3v) is 2.40. The molecule has 0 fully saturated rings. The van der Waals surface area contributed by atoms with E-state index in [9.17, 15) is 10.3 Å². The Balaban J connectivity index is 2.23. The highest BCUT2D eigenvalue weighted by atomic mass is 16.5. The molecule has 2 aromatic rings. The average Bonchev–Trinajstić information content (AvgIpc) is 2.39. The Labute approximate surface area is 99.3 Å². The molecule has 0 atom stereocenters. The van der Waals surface area contributed by atoms with Crippen LogP contribution in [0.3, 0.4) is 0 Å². The van der Waals surface area contributed by atoms with Gasteiger partial charge in [0.25, 0.3) is 0 Å². The van der Waals surface area contributed by atoms with Gasteiger partial charge in [0, 0.05) is 0 Å². The summed E-state index contributed by atoms with van der Waals surface area (Å²) < 4.78 is 5.03. The largest absolute Gasteiger partial charge is 0.872 e. The van der Waals surface area contributed by atoms with Gasteiger partial charge in [0.2, 0.25) is 0 Å². The van der Waals surface area contributed by atoms with Crippen LogP contribution in [0.25, 0.3) is 0 Å². The van der Waals surface area contributed by atoms with Crippen LogP contribution >= 0.6 is 0 Å². The van der Waals surface area contributed by atoms with Gasteiger partial charge in [-0.25, -0.2) is 5.06 Å². The maximum atomic E-state index is 10.9. The number of hydrogen-bond acceptors (Lipinski definition) is 4. The number of anilines is 2. The molecule has 0 bridgehead atoms. The molecule has 1 N–H and O–H groups in total. The van der Waals surface area contributed by atoms with E-state index in [2.05, 4.69) is 0 Å². The van der Waals surface area contributed by atoms with Crippen molar-refractivity contribution in [3.8, 4) is 11.5 Å². The van der Waals surface area contributed by atoms with Crippen molar-refractivity contribution in [1.29, 1.82) is 0 Å². The second-order valence-corrected chi connectivity index (χ2v) is 3.50. The fourth-order valence-corrected chi connectivity index (χ4v) is 1.46. The van der Waals surface area contributed by atoms with E-state index < -0.39 is 0 Å². The van der Waals surface area contributed by atoms with Gasteiger partial charge in [-0.15, -0.1) is 5.75 Å². The monoisotopic (exact) mass is 230 g/mol. The molecule has 0 heterocycles. The van der Waals surface area contributed by atoms with Crippen LogP contribution in [-0.4, -0.2) is 12.3 Å². The lowest BCUT2D eigenvalue weighted by molar-refractivity contribution is -0.268. The van der Waals surface area contributed by atoms with Gasteiger partial charge in [-0.1, -0.05) is 12.1 Å². The van der Waals surface area contributed by atoms with Crippen LogP contribution < -0.4 is 14.9 Å². The first-order valence-electron chi connectivity index (χ1n) is 5.11. The summed E-state index contributed by atoms with van der Waals surface area (Å²) in [6, 6.07) is 12.9. The summed E-state index contributed by atoms with van der Waals surface area (Å²) in [4.78, 5) is 0. The smallest absolute Gasteiger partial charge is 0.119 e. The number of benzene rings is 2. The molecule has 0 spiro atoms. The highest BCUT2D eigenvalue weighted by molar-refractivity contribution is 5.61. The van der Waals surface area contributed by atoms with Gasteiger partial charge in [0.15, 0.2) is 0 Å². The molecular formula is C13H12NO3-. The maximum Gasteiger partial charge on any atom is 0.119 e. The van der Waals surface area contributed by atoms with Gasteiger partial charge in [-0.3, -0.25) is 5.21 Å². The Morgan fingerprint density at radius 3 is 1.88 bits per heavy atom. The molecular weight excluding hydrogens is 218 g/mol. The molecule has 0 unspecified atom stereocenters. The Hall–Kier alpha value is -2.20. The van der Waals surface area contributed by atoms with Crippen LogP contribution in [0.15, 0.2) is 48.5 Å². The van der Waals surface area contributed by atoms with Gasteiger partial charge in [0.05, 0.1) is 18.5 Å². The predicted octanol–water partition coefficient (Wildman–Crippen LogP) is 2.30. The van der Waals surface area contributed by atoms with Crippen LogP contribution in [-0.2, 0) is 0 Å².